The second kappa shape index (κ2) is 7.70. The van der Waals surface area contributed by atoms with Gasteiger partial charge in [0.1, 0.15) is 5.75 Å². The summed E-state index contributed by atoms with van der Waals surface area (Å²) in [6.07, 6.45) is 2.03. The van der Waals surface area contributed by atoms with Crippen molar-refractivity contribution in [2.45, 2.75) is 25.9 Å². The SMILES string of the molecule is CC1Cc2ccccc2N1C(=O)COc1ccc(CN(C)S(C)(=O)=O)cc1. The normalized spacial score (nSPS) is 16.4. The van der Waals surface area contributed by atoms with Gasteiger partial charge in [0.15, 0.2) is 6.61 Å². The van der Waals surface area contributed by atoms with Crippen molar-refractivity contribution in [3.05, 3.63) is 59.7 Å². The van der Waals surface area contributed by atoms with E-state index in [2.05, 4.69) is 0 Å². The van der Waals surface area contributed by atoms with E-state index in [4.69, 9.17) is 4.74 Å². The van der Waals surface area contributed by atoms with Gasteiger partial charge in [-0.2, -0.15) is 0 Å². The average molecular weight is 388 g/mol. The Morgan fingerprint density at radius 2 is 1.85 bits per heavy atom. The molecule has 2 aromatic rings. The van der Waals surface area contributed by atoms with E-state index in [1.165, 1.54) is 23.2 Å². The summed E-state index contributed by atoms with van der Waals surface area (Å²) in [5.74, 6) is 0.502. The minimum atomic E-state index is -3.22. The van der Waals surface area contributed by atoms with Crippen LogP contribution in [0.15, 0.2) is 48.5 Å². The zero-order valence-corrected chi connectivity index (χ0v) is 16.6. The Balaban J connectivity index is 1.60. The lowest BCUT2D eigenvalue weighted by Gasteiger charge is -2.22. The van der Waals surface area contributed by atoms with E-state index >= 15 is 0 Å². The van der Waals surface area contributed by atoms with Crippen LogP contribution in [0.1, 0.15) is 18.1 Å². The van der Waals surface area contributed by atoms with Crippen molar-refractivity contribution in [3.63, 3.8) is 0 Å². The second-order valence-corrected chi connectivity index (χ2v) is 8.99. The van der Waals surface area contributed by atoms with E-state index in [1.807, 2.05) is 31.2 Å². The highest BCUT2D eigenvalue weighted by molar-refractivity contribution is 7.88. The summed E-state index contributed by atoms with van der Waals surface area (Å²) in [6.45, 7) is 2.28. The molecule has 0 saturated heterocycles. The molecule has 3 rings (SSSR count). The highest BCUT2D eigenvalue weighted by Crippen LogP contribution is 2.31. The van der Waals surface area contributed by atoms with Crippen LogP contribution in [0.25, 0.3) is 0 Å². The van der Waals surface area contributed by atoms with Gasteiger partial charge in [0.25, 0.3) is 5.91 Å². The van der Waals surface area contributed by atoms with Crippen molar-refractivity contribution >= 4 is 21.6 Å². The van der Waals surface area contributed by atoms with Crippen molar-refractivity contribution in [3.8, 4) is 5.75 Å². The molecule has 0 N–H and O–H groups in total. The molecule has 0 aromatic heterocycles. The van der Waals surface area contributed by atoms with Crippen LogP contribution in [0.2, 0.25) is 0 Å². The molecule has 2 aromatic carbocycles. The van der Waals surface area contributed by atoms with Crippen LogP contribution in [-0.4, -0.2) is 44.6 Å². The minimum Gasteiger partial charge on any atom is -0.484 e. The molecule has 7 heteroatoms. The van der Waals surface area contributed by atoms with Crippen LogP contribution in [0.5, 0.6) is 5.75 Å². The summed E-state index contributed by atoms with van der Waals surface area (Å²) >= 11 is 0. The predicted octanol–water partition coefficient (Wildman–Crippen LogP) is 2.43. The lowest BCUT2D eigenvalue weighted by atomic mass is 10.1. The number of hydrogen-bond donors (Lipinski definition) is 0. The molecule has 1 amide bonds. The van der Waals surface area contributed by atoms with Crippen LogP contribution in [-0.2, 0) is 27.8 Å². The summed E-state index contributed by atoms with van der Waals surface area (Å²) in [5, 5.41) is 0. The Morgan fingerprint density at radius 1 is 1.19 bits per heavy atom. The molecule has 0 radical (unpaired) electrons. The van der Waals surface area contributed by atoms with E-state index in [1.54, 1.807) is 29.2 Å². The largest absolute Gasteiger partial charge is 0.484 e. The van der Waals surface area contributed by atoms with E-state index < -0.39 is 10.0 Å². The summed E-state index contributed by atoms with van der Waals surface area (Å²) in [7, 11) is -1.68. The van der Waals surface area contributed by atoms with E-state index in [-0.39, 0.29) is 18.6 Å². The summed E-state index contributed by atoms with van der Waals surface area (Å²) in [5.41, 5.74) is 2.99. The van der Waals surface area contributed by atoms with Gasteiger partial charge in [-0.3, -0.25) is 4.79 Å². The van der Waals surface area contributed by atoms with Crippen molar-refractivity contribution in [1.29, 1.82) is 0 Å². The van der Waals surface area contributed by atoms with E-state index in [0.29, 0.717) is 12.3 Å². The smallest absolute Gasteiger partial charge is 0.265 e. The molecule has 1 unspecified atom stereocenters. The molecule has 144 valence electrons. The van der Waals surface area contributed by atoms with Gasteiger partial charge in [0.2, 0.25) is 10.0 Å². The second-order valence-electron chi connectivity index (χ2n) is 6.90. The molecule has 1 heterocycles. The Bertz CT molecular complexity index is 925. The fourth-order valence-electron chi connectivity index (χ4n) is 3.23. The maximum absolute atomic E-state index is 12.6. The molecule has 0 bridgehead atoms. The number of para-hydroxylation sites is 1. The van der Waals surface area contributed by atoms with Crippen LogP contribution in [0.3, 0.4) is 0 Å². The Hall–Kier alpha value is -2.38. The minimum absolute atomic E-state index is 0.0404. The zero-order valence-electron chi connectivity index (χ0n) is 15.8. The number of sulfonamides is 1. The Kier molecular flexibility index (Phi) is 5.53. The average Bonchev–Trinajstić information content (AvgIpc) is 2.96. The molecule has 1 aliphatic rings. The summed E-state index contributed by atoms with van der Waals surface area (Å²) in [4.78, 5) is 14.4. The van der Waals surface area contributed by atoms with Crippen LogP contribution in [0.4, 0.5) is 5.69 Å². The van der Waals surface area contributed by atoms with Crippen LogP contribution in [0, 0.1) is 0 Å². The summed E-state index contributed by atoms with van der Waals surface area (Å²) in [6, 6.07) is 15.1. The molecule has 1 atom stereocenters. The maximum atomic E-state index is 12.6. The number of nitrogens with zero attached hydrogens (tertiary/aromatic N) is 2. The van der Waals surface area contributed by atoms with E-state index in [0.717, 1.165) is 17.7 Å². The van der Waals surface area contributed by atoms with Gasteiger partial charge in [-0.1, -0.05) is 30.3 Å². The number of hydrogen-bond acceptors (Lipinski definition) is 4. The van der Waals surface area contributed by atoms with Crippen LogP contribution >= 0.6 is 0 Å². The molecular formula is C20H24N2O4S. The zero-order chi connectivity index (χ0) is 19.6. The monoisotopic (exact) mass is 388 g/mol. The van der Waals surface area contributed by atoms with Crippen molar-refractivity contribution in [2.75, 3.05) is 24.8 Å². The number of ether oxygens (including phenoxy) is 1. The third-order valence-electron chi connectivity index (χ3n) is 4.73. The molecule has 0 aliphatic carbocycles. The molecule has 0 saturated carbocycles. The molecular weight excluding hydrogens is 364 g/mol. The topological polar surface area (TPSA) is 66.9 Å². The van der Waals surface area contributed by atoms with Crippen molar-refractivity contribution in [2.24, 2.45) is 0 Å². The lowest BCUT2D eigenvalue weighted by molar-refractivity contribution is -0.120. The van der Waals surface area contributed by atoms with Gasteiger partial charge in [-0.15, -0.1) is 0 Å². The van der Waals surface area contributed by atoms with Gasteiger partial charge in [0.05, 0.1) is 6.26 Å². The Labute approximate surface area is 160 Å². The third kappa shape index (κ3) is 4.48. The lowest BCUT2D eigenvalue weighted by Crippen LogP contribution is -2.39. The Morgan fingerprint density at radius 3 is 2.52 bits per heavy atom. The highest BCUT2D eigenvalue weighted by atomic mass is 32.2. The fraction of sp³-hybridized carbons (Fsp3) is 0.350. The highest BCUT2D eigenvalue weighted by Gasteiger charge is 2.30. The van der Waals surface area contributed by atoms with Gasteiger partial charge in [0, 0.05) is 25.3 Å². The predicted molar refractivity (Wildman–Crippen MR) is 105 cm³/mol. The van der Waals surface area contributed by atoms with Gasteiger partial charge in [-0.05, 0) is 42.7 Å². The first kappa shape index (κ1) is 19.4. The number of carbonyl (C=O) groups excluding carboxylic acids is 1. The number of amides is 1. The van der Waals surface area contributed by atoms with Crippen molar-refractivity contribution < 1.29 is 17.9 Å². The number of benzene rings is 2. The first-order valence-electron chi connectivity index (χ1n) is 8.78. The third-order valence-corrected chi connectivity index (χ3v) is 5.99. The quantitative estimate of drug-likeness (QED) is 0.762. The van der Waals surface area contributed by atoms with Crippen molar-refractivity contribution in [1.82, 2.24) is 4.31 Å². The summed E-state index contributed by atoms with van der Waals surface area (Å²) < 4.78 is 29.9. The van der Waals surface area contributed by atoms with Gasteiger partial charge in [-0.25, -0.2) is 12.7 Å². The standard InChI is InChI=1S/C20H24N2O4S/c1-15-12-17-6-4-5-7-19(17)22(15)20(23)14-26-18-10-8-16(9-11-18)13-21(2)27(3,24)25/h4-11,15H,12-14H2,1-3H3. The number of rotatable bonds is 6. The van der Waals surface area contributed by atoms with Gasteiger partial charge >= 0.3 is 0 Å². The molecule has 0 fully saturated rings. The molecule has 0 spiro atoms. The number of anilines is 1. The van der Waals surface area contributed by atoms with E-state index in [9.17, 15) is 13.2 Å². The van der Waals surface area contributed by atoms with Crippen LogP contribution < -0.4 is 9.64 Å². The molecule has 6 nitrogen and oxygen atoms in total. The number of carbonyl (C=O) groups is 1. The number of fused-ring (bicyclic) bond motifs is 1. The fourth-order valence-corrected chi connectivity index (χ4v) is 3.61. The maximum Gasteiger partial charge on any atom is 0.265 e. The first-order chi connectivity index (χ1) is 12.8. The van der Waals surface area contributed by atoms with Gasteiger partial charge < -0.3 is 9.64 Å². The first-order valence-corrected chi connectivity index (χ1v) is 10.6. The molecule has 1 aliphatic heterocycles. The molecule has 27 heavy (non-hydrogen) atoms.